The van der Waals surface area contributed by atoms with Crippen molar-refractivity contribution < 1.29 is 13.5 Å². The van der Waals surface area contributed by atoms with Gasteiger partial charge in [0.05, 0.1) is 6.10 Å². The Bertz CT molecular complexity index is 450. The maximum Gasteiger partial charge on any atom is 0.149 e. The summed E-state index contributed by atoms with van der Waals surface area (Å²) in [5.41, 5.74) is 6.27. The molecule has 118 valence electrons. The van der Waals surface area contributed by atoms with Gasteiger partial charge in [-0.3, -0.25) is 0 Å². The Hall–Kier alpha value is -1.20. The lowest BCUT2D eigenvalue weighted by Gasteiger charge is -2.29. The normalized spacial score (nSPS) is 20.3. The number of hydrogen-bond donors (Lipinski definition) is 1. The van der Waals surface area contributed by atoms with Crippen molar-refractivity contribution in [3.63, 3.8) is 0 Å². The van der Waals surface area contributed by atoms with E-state index in [1.54, 1.807) is 11.9 Å². The summed E-state index contributed by atoms with van der Waals surface area (Å²) in [5, 5.41) is 0. The molecule has 0 aliphatic carbocycles. The summed E-state index contributed by atoms with van der Waals surface area (Å²) in [6.07, 6.45) is 3.62. The van der Waals surface area contributed by atoms with Gasteiger partial charge in [0, 0.05) is 26.2 Å². The standard InChI is InChI=1S/C16H24F2N2O/c1-11(19)7-12-8-14(17)16(15(18)9-12)20(2)10-13-5-3-4-6-21-13/h8-9,11,13H,3-7,10,19H2,1-2H3. The summed E-state index contributed by atoms with van der Waals surface area (Å²) >= 11 is 0. The zero-order chi connectivity index (χ0) is 15.4. The number of hydrogen-bond acceptors (Lipinski definition) is 3. The smallest absolute Gasteiger partial charge is 0.149 e. The number of anilines is 1. The van der Waals surface area contributed by atoms with Gasteiger partial charge in [-0.2, -0.15) is 0 Å². The van der Waals surface area contributed by atoms with Gasteiger partial charge < -0.3 is 15.4 Å². The van der Waals surface area contributed by atoms with Crippen molar-refractivity contribution in [3.05, 3.63) is 29.3 Å². The second-order valence-electron chi connectivity index (χ2n) is 5.96. The number of nitrogens with zero attached hydrogens (tertiary/aromatic N) is 1. The SMILES string of the molecule is CC(N)Cc1cc(F)c(N(C)CC2CCCCO2)c(F)c1. The second kappa shape index (κ2) is 7.18. The van der Waals surface area contributed by atoms with E-state index in [-0.39, 0.29) is 17.8 Å². The maximum absolute atomic E-state index is 14.2. The van der Waals surface area contributed by atoms with Crippen molar-refractivity contribution in [1.29, 1.82) is 0 Å². The van der Waals surface area contributed by atoms with Crippen LogP contribution in [0.3, 0.4) is 0 Å². The van der Waals surface area contributed by atoms with Crippen LogP contribution in [0.25, 0.3) is 0 Å². The Kier molecular flexibility index (Phi) is 5.53. The summed E-state index contributed by atoms with van der Waals surface area (Å²) in [6.45, 7) is 3.05. The van der Waals surface area contributed by atoms with Gasteiger partial charge in [0.1, 0.15) is 17.3 Å². The van der Waals surface area contributed by atoms with E-state index in [2.05, 4.69) is 0 Å². The molecule has 21 heavy (non-hydrogen) atoms. The quantitative estimate of drug-likeness (QED) is 0.908. The molecule has 0 spiro atoms. The van der Waals surface area contributed by atoms with Gasteiger partial charge in [0.25, 0.3) is 0 Å². The monoisotopic (exact) mass is 298 g/mol. The molecular weight excluding hydrogens is 274 g/mol. The second-order valence-corrected chi connectivity index (χ2v) is 5.96. The van der Waals surface area contributed by atoms with E-state index in [9.17, 15) is 8.78 Å². The minimum Gasteiger partial charge on any atom is -0.376 e. The van der Waals surface area contributed by atoms with E-state index >= 15 is 0 Å². The third-order valence-corrected chi connectivity index (χ3v) is 3.77. The summed E-state index contributed by atoms with van der Waals surface area (Å²) in [5.74, 6) is -1.08. The third-order valence-electron chi connectivity index (χ3n) is 3.77. The van der Waals surface area contributed by atoms with Crippen molar-refractivity contribution >= 4 is 5.69 Å². The molecule has 1 aliphatic heterocycles. The van der Waals surface area contributed by atoms with E-state index in [1.165, 1.54) is 12.1 Å². The van der Waals surface area contributed by atoms with Crippen LogP contribution in [-0.4, -0.2) is 32.3 Å². The average molecular weight is 298 g/mol. The summed E-state index contributed by atoms with van der Waals surface area (Å²) < 4.78 is 34.0. The molecule has 2 N–H and O–H groups in total. The number of rotatable bonds is 5. The molecule has 2 atom stereocenters. The minimum absolute atomic E-state index is 0.0117. The number of nitrogens with two attached hydrogens (primary N) is 1. The van der Waals surface area contributed by atoms with Crippen LogP contribution >= 0.6 is 0 Å². The number of benzene rings is 1. The van der Waals surface area contributed by atoms with Crippen LogP contribution < -0.4 is 10.6 Å². The molecule has 3 nitrogen and oxygen atoms in total. The van der Waals surface area contributed by atoms with Crippen molar-refractivity contribution in [1.82, 2.24) is 0 Å². The molecule has 2 rings (SSSR count). The van der Waals surface area contributed by atoms with Gasteiger partial charge in [0.2, 0.25) is 0 Å². The van der Waals surface area contributed by atoms with Gasteiger partial charge in [0.15, 0.2) is 0 Å². The highest BCUT2D eigenvalue weighted by Crippen LogP contribution is 2.26. The first-order valence-electron chi connectivity index (χ1n) is 7.53. The van der Waals surface area contributed by atoms with Gasteiger partial charge in [-0.1, -0.05) is 0 Å². The number of ether oxygens (including phenoxy) is 1. The molecular formula is C16H24F2N2O. The highest BCUT2D eigenvalue weighted by atomic mass is 19.1. The first-order chi connectivity index (χ1) is 9.97. The molecule has 1 heterocycles. The van der Waals surface area contributed by atoms with Crippen molar-refractivity contribution in [2.24, 2.45) is 5.73 Å². The molecule has 1 saturated heterocycles. The third kappa shape index (κ3) is 4.38. The van der Waals surface area contributed by atoms with E-state index in [0.29, 0.717) is 18.5 Å². The maximum atomic E-state index is 14.2. The fourth-order valence-electron chi connectivity index (χ4n) is 2.82. The largest absolute Gasteiger partial charge is 0.376 e. The van der Waals surface area contributed by atoms with Crippen molar-refractivity contribution in [2.75, 3.05) is 25.1 Å². The van der Waals surface area contributed by atoms with Gasteiger partial charge >= 0.3 is 0 Å². The van der Waals surface area contributed by atoms with Crippen molar-refractivity contribution in [3.8, 4) is 0 Å². The fourth-order valence-corrected chi connectivity index (χ4v) is 2.82. The highest BCUT2D eigenvalue weighted by molar-refractivity contribution is 5.50. The molecule has 1 aromatic rings. The van der Waals surface area contributed by atoms with Crippen LogP contribution in [0.15, 0.2) is 12.1 Å². The van der Waals surface area contributed by atoms with Gasteiger partial charge in [-0.15, -0.1) is 0 Å². The Morgan fingerprint density at radius 3 is 2.52 bits per heavy atom. The van der Waals surface area contributed by atoms with Gasteiger partial charge in [-0.05, 0) is 50.3 Å². The molecule has 1 fully saturated rings. The average Bonchev–Trinajstić information content (AvgIpc) is 2.38. The minimum atomic E-state index is -0.538. The number of likely N-dealkylation sites (N-methyl/N-ethyl adjacent to an activating group) is 1. The van der Waals surface area contributed by atoms with Crippen LogP contribution in [0.5, 0.6) is 0 Å². The first-order valence-corrected chi connectivity index (χ1v) is 7.53. The van der Waals surface area contributed by atoms with Crippen LogP contribution in [-0.2, 0) is 11.2 Å². The zero-order valence-corrected chi connectivity index (χ0v) is 12.7. The summed E-state index contributed by atoms with van der Waals surface area (Å²) in [7, 11) is 1.70. The highest BCUT2D eigenvalue weighted by Gasteiger charge is 2.21. The molecule has 0 bridgehead atoms. The van der Waals surface area contributed by atoms with Crippen molar-refractivity contribution in [2.45, 2.75) is 44.8 Å². The molecule has 1 aliphatic rings. The van der Waals surface area contributed by atoms with Crippen LogP contribution in [0.2, 0.25) is 0 Å². The predicted molar refractivity (Wildman–Crippen MR) is 80.6 cm³/mol. The van der Waals surface area contributed by atoms with E-state index in [4.69, 9.17) is 10.5 Å². The molecule has 2 unspecified atom stereocenters. The van der Waals surface area contributed by atoms with E-state index < -0.39 is 11.6 Å². The lowest BCUT2D eigenvalue weighted by atomic mass is 10.1. The topological polar surface area (TPSA) is 38.5 Å². The Labute approximate surface area is 125 Å². The number of halogens is 2. The molecule has 0 aromatic heterocycles. The summed E-state index contributed by atoms with van der Waals surface area (Å²) in [6, 6.07) is 2.63. The van der Waals surface area contributed by atoms with Crippen LogP contribution in [0, 0.1) is 11.6 Å². The Morgan fingerprint density at radius 1 is 1.33 bits per heavy atom. The van der Waals surface area contributed by atoms with Crippen LogP contribution in [0.1, 0.15) is 31.7 Å². The van der Waals surface area contributed by atoms with Crippen LogP contribution in [0.4, 0.5) is 14.5 Å². The molecule has 5 heteroatoms. The zero-order valence-electron chi connectivity index (χ0n) is 12.7. The Balaban J connectivity index is 2.10. The lowest BCUT2D eigenvalue weighted by molar-refractivity contribution is 0.0215. The fraction of sp³-hybridized carbons (Fsp3) is 0.625. The molecule has 0 saturated carbocycles. The van der Waals surface area contributed by atoms with E-state index in [1.807, 2.05) is 6.92 Å². The summed E-state index contributed by atoms with van der Waals surface area (Å²) in [4.78, 5) is 1.61. The molecule has 0 amide bonds. The first kappa shape index (κ1) is 16.2. The predicted octanol–water partition coefficient (Wildman–Crippen LogP) is 2.86. The Morgan fingerprint density at radius 2 is 2.00 bits per heavy atom. The molecule has 1 aromatic carbocycles. The van der Waals surface area contributed by atoms with Gasteiger partial charge in [-0.25, -0.2) is 8.78 Å². The molecule has 0 radical (unpaired) electrons. The lowest BCUT2D eigenvalue weighted by Crippen LogP contribution is -2.34. The van der Waals surface area contributed by atoms with E-state index in [0.717, 1.165) is 25.9 Å².